The highest BCUT2D eigenvalue weighted by molar-refractivity contribution is 6.17. The number of hydrogen-bond donors (Lipinski definition) is 0. The molecule has 0 radical (unpaired) electrons. The second-order valence-electron chi connectivity index (χ2n) is 3.93. The zero-order chi connectivity index (χ0) is 12.1. The molecular weight excluding hydrogens is 240 g/mol. The topological polar surface area (TPSA) is 35.5 Å². The van der Waals surface area contributed by atoms with Gasteiger partial charge < -0.3 is 9.47 Å². The number of rotatable bonds is 5. The van der Waals surface area contributed by atoms with Crippen LogP contribution in [0.25, 0.3) is 0 Å². The standard InChI is InChI=1S/C13H15ClO3/c14-6-2-1-3-11(15)10-4-5-12-13(9-10)17-8-7-16-12/h4-5,9H,1-3,6-8H2. The average molecular weight is 255 g/mol. The van der Waals surface area contributed by atoms with Crippen LogP contribution in [0.4, 0.5) is 0 Å². The van der Waals surface area contributed by atoms with E-state index in [0.29, 0.717) is 42.6 Å². The number of halogens is 1. The van der Waals surface area contributed by atoms with E-state index in [1.807, 2.05) is 0 Å². The lowest BCUT2D eigenvalue weighted by Gasteiger charge is -2.18. The number of unbranched alkanes of at least 4 members (excludes halogenated alkanes) is 1. The fourth-order valence-corrected chi connectivity index (χ4v) is 1.93. The summed E-state index contributed by atoms with van der Waals surface area (Å²) in [6.07, 6.45) is 2.24. The van der Waals surface area contributed by atoms with E-state index in [0.717, 1.165) is 12.8 Å². The lowest BCUT2D eigenvalue weighted by Crippen LogP contribution is -2.15. The Morgan fingerprint density at radius 2 is 1.94 bits per heavy atom. The van der Waals surface area contributed by atoms with Crippen molar-refractivity contribution in [3.05, 3.63) is 23.8 Å². The van der Waals surface area contributed by atoms with E-state index in [1.165, 1.54) is 0 Å². The summed E-state index contributed by atoms with van der Waals surface area (Å²) in [5.74, 6) is 2.12. The molecule has 2 rings (SSSR count). The predicted octanol–water partition coefficient (Wildman–Crippen LogP) is 3.05. The number of Topliss-reactive ketones (excluding diaryl/α,β-unsaturated/α-hetero) is 1. The minimum absolute atomic E-state index is 0.132. The van der Waals surface area contributed by atoms with Crippen LogP contribution >= 0.6 is 11.6 Å². The number of carbonyl (C=O) groups excluding carboxylic acids is 1. The van der Waals surface area contributed by atoms with Gasteiger partial charge in [-0.2, -0.15) is 0 Å². The molecule has 1 aromatic carbocycles. The fraction of sp³-hybridized carbons (Fsp3) is 0.462. The van der Waals surface area contributed by atoms with Crippen LogP contribution in [0.15, 0.2) is 18.2 Å². The molecule has 0 atom stereocenters. The summed E-state index contributed by atoms with van der Waals surface area (Å²) < 4.78 is 10.8. The summed E-state index contributed by atoms with van der Waals surface area (Å²) >= 11 is 5.58. The molecule has 0 unspecified atom stereocenters. The van der Waals surface area contributed by atoms with Gasteiger partial charge in [0.1, 0.15) is 13.2 Å². The largest absolute Gasteiger partial charge is 0.486 e. The first kappa shape index (κ1) is 12.2. The number of fused-ring (bicyclic) bond motifs is 1. The Kier molecular flexibility index (Phi) is 4.26. The molecule has 0 amide bonds. The SMILES string of the molecule is O=C(CCCCCl)c1ccc2c(c1)OCCO2. The Hall–Kier alpha value is -1.22. The molecule has 3 nitrogen and oxygen atoms in total. The minimum atomic E-state index is 0.132. The molecular formula is C13H15ClO3. The quantitative estimate of drug-likeness (QED) is 0.460. The molecule has 0 aliphatic carbocycles. The van der Waals surface area contributed by atoms with Crippen molar-refractivity contribution < 1.29 is 14.3 Å². The molecule has 17 heavy (non-hydrogen) atoms. The van der Waals surface area contributed by atoms with Crippen molar-refractivity contribution in [3.63, 3.8) is 0 Å². The van der Waals surface area contributed by atoms with Crippen molar-refractivity contribution >= 4 is 17.4 Å². The van der Waals surface area contributed by atoms with Gasteiger partial charge in [-0.05, 0) is 31.0 Å². The molecule has 1 aliphatic rings. The van der Waals surface area contributed by atoms with Crippen LogP contribution in [-0.2, 0) is 0 Å². The first-order chi connectivity index (χ1) is 8.31. The highest BCUT2D eigenvalue weighted by atomic mass is 35.5. The summed E-state index contributed by atoms with van der Waals surface area (Å²) in [5, 5.41) is 0. The lowest BCUT2D eigenvalue weighted by molar-refractivity contribution is 0.0978. The number of hydrogen-bond acceptors (Lipinski definition) is 3. The van der Waals surface area contributed by atoms with Crippen molar-refractivity contribution in [2.75, 3.05) is 19.1 Å². The van der Waals surface area contributed by atoms with Crippen LogP contribution in [0, 0.1) is 0 Å². The summed E-state index contributed by atoms with van der Waals surface area (Å²) in [6.45, 7) is 1.10. The highest BCUT2D eigenvalue weighted by Crippen LogP contribution is 2.31. The first-order valence-corrected chi connectivity index (χ1v) is 6.33. The van der Waals surface area contributed by atoms with E-state index in [-0.39, 0.29) is 5.78 Å². The van der Waals surface area contributed by atoms with Gasteiger partial charge in [-0.15, -0.1) is 11.6 Å². The molecule has 0 aromatic heterocycles. The Labute approximate surface area is 106 Å². The van der Waals surface area contributed by atoms with Crippen LogP contribution < -0.4 is 9.47 Å². The molecule has 1 aliphatic heterocycles. The normalized spacial score (nSPS) is 13.5. The zero-order valence-corrected chi connectivity index (χ0v) is 10.3. The third-order valence-electron chi connectivity index (χ3n) is 2.65. The third-order valence-corrected chi connectivity index (χ3v) is 2.92. The smallest absolute Gasteiger partial charge is 0.163 e. The van der Waals surface area contributed by atoms with Gasteiger partial charge in [-0.1, -0.05) is 0 Å². The Morgan fingerprint density at radius 3 is 2.71 bits per heavy atom. The third kappa shape index (κ3) is 3.13. The second kappa shape index (κ2) is 5.92. The van der Waals surface area contributed by atoms with Gasteiger partial charge in [0, 0.05) is 17.9 Å². The van der Waals surface area contributed by atoms with Crippen LogP contribution in [0.2, 0.25) is 0 Å². The van der Waals surface area contributed by atoms with Gasteiger partial charge in [0.25, 0.3) is 0 Å². The van der Waals surface area contributed by atoms with E-state index in [4.69, 9.17) is 21.1 Å². The maximum absolute atomic E-state index is 11.9. The van der Waals surface area contributed by atoms with Gasteiger partial charge in [-0.3, -0.25) is 4.79 Å². The van der Waals surface area contributed by atoms with Crippen molar-refractivity contribution in [2.45, 2.75) is 19.3 Å². The van der Waals surface area contributed by atoms with Crippen LogP contribution in [0.1, 0.15) is 29.6 Å². The van der Waals surface area contributed by atoms with Crippen molar-refractivity contribution in [2.24, 2.45) is 0 Å². The van der Waals surface area contributed by atoms with E-state index >= 15 is 0 Å². The molecule has 0 saturated heterocycles. The number of benzene rings is 1. The van der Waals surface area contributed by atoms with Crippen molar-refractivity contribution in [3.8, 4) is 11.5 Å². The molecule has 1 aromatic rings. The maximum atomic E-state index is 11.9. The van der Waals surface area contributed by atoms with E-state index < -0.39 is 0 Å². The summed E-state index contributed by atoms with van der Waals surface area (Å²) in [5.41, 5.74) is 0.684. The number of carbonyl (C=O) groups is 1. The molecule has 0 N–H and O–H groups in total. The van der Waals surface area contributed by atoms with E-state index in [2.05, 4.69) is 0 Å². The van der Waals surface area contributed by atoms with Crippen LogP contribution in [0.5, 0.6) is 11.5 Å². The predicted molar refractivity (Wildman–Crippen MR) is 66.3 cm³/mol. The fourth-order valence-electron chi connectivity index (χ4n) is 1.74. The molecule has 0 fully saturated rings. The Balaban J connectivity index is 2.03. The molecule has 4 heteroatoms. The van der Waals surface area contributed by atoms with Crippen LogP contribution in [0.3, 0.4) is 0 Å². The van der Waals surface area contributed by atoms with Gasteiger partial charge >= 0.3 is 0 Å². The molecule has 1 heterocycles. The second-order valence-corrected chi connectivity index (χ2v) is 4.31. The highest BCUT2D eigenvalue weighted by Gasteiger charge is 2.14. The van der Waals surface area contributed by atoms with Gasteiger partial charge in [0.2, 0.25) is 0 Å². The van der Waals surface area contributed by atoms with E-state index in [9.17, 15) is 4.79 Å². The monoisotopic (exact) mass is 254 g/mol. The molecule has 0 bridgehead atoms. The zero-order valence-electron chi connectivity index (χ0n) is 9.58. The van der Waals surface area contributed by atoms with Gasteiger partial charge in [-0.25, -0.2) is 0 Å². The number of alkyl halides is 1. The molecule has 0 saturated carbocycles. The van der Waals surface area contributed by atoms with Crippen molar-refractivity contribution in [1.29, 1.82) is 0 Å². The number of ketones is 1. The van der Waals surface area contributed by atoms with E-state index in [1.54, 1.807) is 18.2 Å². The molecule has 92 valence electrons. The summed E-state index contributed by atoms with van der Waals surface area (Å²) in [4.78, 5) is 11.9. The lowest BCUT2D eigenvalue weighted by atomic mass is 10.1. The molecule has 0 spiro atoms. The first-order valence-electron chi connectivity index (χ1n) is 5.80. The van der Waals surface area contributed by atoms with Crippen molar-refractivity contribution in [1.82, 2.24) is 0 Å². The van der Waals surface area contributed by atoms with Gasteiger partial charge in [0.05, 0.1) is 0 Å². The minimum Gasteiger partial charge on any atom is -0.486 e. The summed E-state index contributed by atoms with van der Waals surface area (Å²) in [7, 11) is 0. The van der Waals surface area contributed by atoms with Crippen LogP contribution in [-0.4, -0.2) is 24.9 Å². The number of ether oxygens (including phenoxy) is 2. The Bertz CT molecular complexity index is 404. The Morgan fingerprint density at radius 1 is 1.18 bits per heavy atom. The average Bonchev–Trinajstić information content (AvgIpc) is 2.38. The summed E-state index contributed by atoms with van der Waals surface area (Å²) in [6, 6.07) is 5.34. The maximum Gasteiger partial charge on any atom is 0.163 e. The van der Waals surface area contributed by atoms with Gasteiger partial charge in [0.15, 0.2) is 17.3 Å².